The van der Waals surface area contributed by atoms with Gasteiger partial charge in [0.15, 0.2) is 5.13 Å². The van der Waals surface area contributed by atoms with Crippen LogP contribution in [0.1, 0.15) is 9.67 Å². The van der Waals surface area contributed by atoms with Crippen LogP contribution in [0.15, 0.2) is 0 Å². The fraction of sp³-hybridized carbons (Fsp3) is 0.444. The fourth-order valence-corrected chi connectivity index (χ4v) is 1.75. The molecule has 0 unspecified atom stereocenters. The van der Waals surface area contributed by atoms with E-state index in [2.05, 4.69) is 15.6 Å². The molecule has 0 aromatic carbocycles. The molecule has 0 atom stereocenters. The molecule has 1 heterocycles. The van der Waals surface area contributed by atoms with Gasteiger partial charge in [0.1, 0.15) is 10.7 Å². The van der Waals surface area contributed by atoms with Gasteiger partial charge < -0.3 is 21.3 Å². The number of carbonyl (C=O) groups is 2. The van der Waals surface area contributed by atoms with E-state index in [1.54, 1.807) is 21.1 Å². The van der Waals surface area contributed by atoms with Gasteiger partial charge in [-0.15, -0.1) is 0 Å². The summed E-state index contributed by atoms with van der Waals surface area (Å²) in [6.07, 6.45) is 0. The van der Waals surface area contributed by atoms with Crippen molar-refractivity contribution in [1.29, 1.82) is 0 Å². The molecule has 0 aliphatic rings. The highest BCUT2D eigenvalue weighted by molar-refractivity contribution is 7.18. The van der Waals surface area contributed by atoms with Gasteiger partial charge in [-0.05, 0) is 0 Å². The number of nitrogens with one attached hydrogen (secondary N) is 2. The molecule has 0 spiro atoms. The lowest BCUT2D eigenvalue weighted by molar-refractivity contribution is -0.127. The third-order valence-corrected chi connectivity index (χ3v) is 3.06. The Morgan fingerprint density at radius 1 is 1.47 bits per heavy atom. The van der Waals surface area contributed by atoms with Gasteiger partial charge in [-0.25, -0.2) is 4.98 Å². The maximum Gasteiger partial charge on any atom is 0.265 e. The topological polar surface area (TPSA) is 100 Å². The molecule has 94 valence electrons. The van der Waals surface area contributed by atoms with Crippen LogP contribution in [0.5, 0.6) is 0 Å². The van der Waals surface area contributed by atoms with Crippen molar-refractivity contribution in [2.45, 2.75) is 0 Å². The first-order chi connectivity index (χ1) is 7.95. The summed E-state index contributed by atoms with van der Waals surface area (Å²) in [4.78, 5) is 28.6. The van der Waals surface area contributed by atoms with E-state index in [4.69, 9.17) is 5.73 Å². The monoisotopic (exact) mass is 257 g/mol. The van der Waals surface area contributed by atoms with Crippen molar-refractivity contribution in [3.63, 3.8) is 0 Å². The molecule has 4 N–H and O–H groups in total. The van der Waals surface area contributed by atoms with E-state index in [9.17, 15) is 9.59 Å². The lowest BCUT2D eigenvalue weighted by atomic mass is 10.4. The van der Waals surface area contributed by atoms with Gasteiger partial charge in [0.25, 0.3) is 5.91 Å². The molecule has 0 aliphatic heterocycles. The van der Waals surface area contributed by atoms with E-state index in [1.807, 2.05) is 0 Å². The van der Waals surface area contributed by atoms with E-state index in [0.717, 1.165) is 11.3 Å². The molecule has 0 bridgehead atoms. The van der Waals surface area contributed by atoms with Crippen molar-refractivity contribution in [1.82, 2.24) is 15.2 Å². The van der Waals surface area contributed by atoms with Crippen LogP contribution in [-0.2, 0) is 4.79 Å². The van der Waals surface area contributed by atoms with E-state index >= 15 is 0 Å². The predicted molar refractivity (Wildman–Crippen MR) is 67.1 cm³/mol. The van der Waals surface area contributed by atoms with Crippen LogP contribution < -0.4 is 16.4 Å². The molecule has 0 saturated heterocycles. The molecule has 0 fully saturated rings. The SMILES string of the molecule is CNc1nc(N)c(C(=O)NCC(=O)N(C)C)s1. The number of hydrogen-bond acceptors (Lipinski definition) is 6. The van der Waals surface area contributed by atoms with Crippen LogP contribution >= 0.6 is 11.3 Å². The summed E-state index contributed by atoms with van der Waals surface area (Å²) in [7, 11) is 4.93. The van der Waals surface area contributed by atoms with E-state index in [-0.39, 0.29) is 18.3 Å². The van der Waals surface area contributed by atoms with Gasteiger partial charge in [0, 0.05) is 21.1 Å². The predicted octanol–water partition coefficient (Wildman–Crippen LogP) is -0.415. The third-order valence-electron chi connectivity index (χ3n) is 1.97. The number of amides is 2. The van der Waals surface area contributed by atoms with Crippen LogP contribution in [0.2, 0.25) is 0 Å². The molecular weight excluding hydrogens is 242 g/mol. The molecule has 0 radical (unpaired) electrons. The van der Waals surface area contributed by atoms with Gasteiger partial charge in [-0.1, -0.05) is 11.3 Å². The first kappa shape index (κ1) is 13.2. The Balaban J connectivity index is 2.64. The molecule has 1 aromatic heterocycles. The van der Waals surface area contributed by atoms with Crippen LogP contribution in [0.3, 0.4) is 0 Å². The second-order valence-electron chi connectivity index (χ2n) is 3.45. The van der Waals surface area contributed by atoms with Crippen LogP contribution in [0.25, 0.3) is 0 Å². The molecule has 0 saturated carbocycles. The Labute approximate surface area is 103 Å². The lowest BCUT2D eigenvalue weighted by Crippen LogP contribution is -2.36. The van der Waals surface area contributed by atoms with Gasteiger partial charge in [-0.3, -0.25) is 9.59 Å². The number of likely N-dealkylation sites (N-methyl/N-ethyl adjacent to an activating group) is 1. The van der Waals surface area contributed by atoms with Gasteiger partial charge >= 0.3 is 0 Å². The summed E-state index contributed by atoms with van der Waals surface area (Å²) in [5.41, 5.74) is 5.59. The smallest absolute Gasteiger partial charge is 0.265 e. The number of hydrogen-bond donors (Lipinski definition) is 3. The van der Waals surface area contributed by atoms with Crippen molar-refractivity contribution in [3.05, 3.63) is 4.88 Å². The Bertz CT molecular complexity index is 429. The van der Waals surface area contributed by atoms with E-state index in [0.29, 0.717) is 10.0 Å². The van der Waals surface area contributed by atoms with Crippen LogP contribution in [0.4, 0.5) is 10.9 Å². The number of rotatable bonds is 4. The van der Waals surface area contributed by atoms with Crippen molar-refractivity contribution in [3.8, 4) is 0 Å². The second kappa shape index (κ2) is 5.48. The molecule has 0 aliphatic carbocycles. The maximum absolute atomic E-state index is 11.7. The highest BCUT2D eigenvalue weighted by atomic mass is 32.1. The zero-order valence-corrected chi connectivity index (χ0v) is 10.7. The van der Waals surface area contributed by atoms with E-state index in [1.165, 1.54) is 4.90 Å². The largest absolute Gasteiger partial charge is 0.382 e. The number of thiazole rings is 1. The minimum Gasteiger partial charge on any atom is -0.382 e. The normalized spacial score (nSPS) is 9.82. The number of nitrogen functional groups attached to an aromatic ring is 1. The molecular formula is C9H15N5O2S. The summed E-state index contributed by atoms with van der Waals surface area (Å²) in [6.45, 7) is -0.0575. The fourth-order valence-electron chi connectivity index (χ4n) is 0.996. The first-order valence-corrected chi connectivity index (χ1v) is 5.69. The summed E-state index contributed by atoms with van der Waals surface area (Å²) in [5.74, 6) is -0.416. The zero-order valence-electron chi connectivity index (χ0n) is 9.90. The summed E-state index contributed by atoms with van der Waals surface area (Å²) in [5, 5.41) is 5.85. The Hall–Kier alpha value is -1.83. The zero-order chi connectivity index (χ0) is 13.0. The minimum atomic E-state index is -0.392. The maximum atomic E-state index is 11.7. The van der Waals surface area contributed by atoms with Crippen LogP contribution in [0, 0.1) is 0 Å². The highest BCUT2D eigenvalue weighted by Gasteiger charge is 2.16. The van der Waals surface area contributed by atoms with Gasteiger partial charge in [0.2, 0.25) is 5.91 Å². The van der Waals surface area contributed by atoms with Crippen molar-refractivity contribution < 1.29 is 9.59 Å². The number of anilines is 2. The lowest BCUT2D eigenvalue weighted by Gasteiger charge is -2.10. The van der Waals surface area contributed by atoms with Gasteiger partial charge in [-0.2, -0.15) is 0 Å². The molecule has 8 heteroatoms. The highest BCUT2D eigenvalue weighted by Crippen LogP contribution is 2.23. The van der Waals surface area contributed by atoms with Gasteiger partial charge in [0.05, 0.1) is 6.54 Å². The quantitative estimate of drug-likeness (QED) is 0.680. The number of nitrogens with zero attached hydrogens (tertiary/aromatic N) is 2. The van der Waals surface area contributed by atoms with Crippen molar-refractivity contribution in [2.24, 2.45) is 0 Å². The second-order valence-corrected chi connectivity index (χ2v) is 4.45. The Kier molecular flexibility index (Phi) is 4.27. The number of carbonyl (C=O) groups excluding carboxylic acids is 2. The number of aromatic nitrogens is 1. The first-order valence-electron chi connectivity index (χ1n) is 4.88. The summed E-state index contributed by atoms with van der Waals surface area (Å²) >= 11 is 1.14. The molecule has 1 aromatic rings. The summed E-state index contributed by atoms with van der Waals surface area (Å²) < 4.78 is 0. The summed E-state index contributed by atoms with van der Waals surface area (Å²) in [6, 6.07) is 0. The Morgan fingerprint density at radius 2 is 2.12 bits per heavy atom. The third kappa shape index (κ3) is 3.31. The minimum absolute atomic E-state index is 0.0575. The average molecular weight is 257 g/mol. The Morgan fingerprint density at radius 3 is 2.59 bits per heavy atom. The molecule has 2 amide bonds. The standard InChI is InChI=1S/C9H15N5O2S/c1-11-9-13-7(10)6(17-9)8(16)12-4-5(15)14(2)3/h4,10H2,1-3H3,(H,11,13)(H,12,16). The number of nitrogens with two attached hydrogens (primary N) is 1. The van der Waals surface area contributed by atoms with Crippen LogP contribution in [-0.4, -0.2) is 49.4 Å². The van der Waals surface area contributed by atoms with E-state index < -0.39 is 5.91 Å². The van der Waals surface area contributed by atoms with Crippen molar-refractivity contribution in [2.75, 3.05) is 38.7 Å². The molecule has 17 heavy (non-hydrogen) atoms. The average Bonchev–Trinajstić information content (AvgIpc) is 2.66. The van der Waals surface area contributed by atoms with Crippen molar-refractivity contribution >= 4 is 34.1 Å². The molecule has 1 rings (SSSR count). The molecule has 7 nitrogen and oxygen atoms in total.